The first kappa shape index (κ1) is 19.6. The van der Waals surface area contributed by atoms with E-state index in [0.717, 1.165) is 17.5 Å². The van der Waals surface area contributed by atoms with Crippen LogP contribution in [-0.4, -0.2) is 52.2 Å². The smallest absolute Gasteiger partial charge is 0.251 e. The normalized spacial score (nSPS) is 16.3. The second-order valence-electron chi connectivity index (χ2n) is 7.32. The Bertz CT molecular complexity index is 1030. The van der Waals surface area contributed by atoms with Gasteiger partial charge in [0.05, 0.1) is 23.5 Å². The maximum absolute atomic E-state index is 12.7. The summed E-state index contributed by atoms with van der Waals surface area (Å²) in [7, 11) is 0. The summed E-state index contributed by atoms with van der Waals surface area (Å²) in [5.74, 6) is -0.568. The third-order valence-electron chi connectivity index (χ3n) is 5.21. The van der Waals surface area contributed by atoms with Crippen LogP contribution < -0.4 is 10.6 Å². The summed E-state index contributed by atoms with van der Waals surface area (Å²) in [4.78, 5) is 46.4. The molecule has 0 spiro atoms. The van der Waals surface area contributed by atoms with Crippen LogP contribution in [0.4, 0.5) is 5.95 Å². The predicted molar refractivity (Wildman–Crippen MR) is 113 cm³/mol. The highest BCUT2D eigenvalue weighted by Gasteiger charge is 2.29. The van der Waals surface area contributed by atoms with Crippen molar-refractivity contribution in [1.82, 2.24) is 20.2 Å². The number of rotatable bonds is 5. The van der Waals surface area contributed by atoms with Crippen molar-refractivity contribution < 1.29 is 14.4 Å². The number of benzene rings is 2. The molecular weight excluding hydrogens is 382 g/mol. The van der Waals surface area contributed by atoms with Gasteiger partial charge in [-0.1, -0.05) is 30.3 Å². The minimum atomic E-state index is -0.319. The molecule has 1 saturated heterocycles. The van der Waals surface area contributed by atoms with Crippen molar-refractivity contribution in [3.05, 3.63) is 60.2 Å². The van der Waals surface area contributed by atoms with Gasteiger partial charge in [0.15, 0.2) is 0 Å². The van der Waals surface area contributed by atoms with Crippen LogP contribution in [0, 0.1) is 5.92 Å². The standard InChI is InChI=1S/C22H23N5O3/c28-19(13-23-20(29)15-7-2-1-3-8-15)27-12-6-9-16(14-27)21(30)26-22-24-17-10-4-5-11-18(17)25-22/h1-5,7-8,10-11,16H,6,9,12-14H2,(H,23,29)(H2,24,25,26,30)/t16-/m0/s1. The van der Waals surface area contributed by atoms with Gasteiger partial charge < -0.3 is 15.2 Å². The number of amides is 3. The summed E-state index contributed by atoms with van der Waals surface area (Å²) >= 11 is 0. The average Bonchev–Trinajstić information content (AvgIpc) is 3.20. The zero-order valence-electron chi connectivity index (χ0n) is 16.4. The highest BCUT2D eigenvalue weighted by Crippen LogP contribution is 2.19. The van der Waals surface area contributed by atoms with Crippen molar-refractivity contribution in [3.8, 4) is 0 Å². The lowest BCUT2D eigenvalue weighted by molar-refractivity contribution is -0.133. The fraction of sp³-hybridized carbons (Fsp3) is 0.273. The van der Waals surface area contributed by atoms with E-state index in [0.29, 0.717) is 31.0 Å². The molecule has 2 aromatic carbocycles. The number of carbonyl (C=O) groups excluding carboxylic acids is 3. The van der Waals surface area contributed by atoms with Crippen LogP contribution in [0.25, 0.3) is 11.0 Å². The van der Waals surface area contributed by atoms with E-state index in [2.05, 4.69) is 20.6 Å². The molecule has 0 saturated carbocycles. The number of hydrogen-bond acceptors (Lipinski definition) is 4. The molecule has 1 aromatic heterocycles. The molecule has 1 aliphatic rings. The van der Waals surface area contributed by atoms with Gasteiger partial charge in [-0.05, 0) is 37.1 Å². The number of fused-ring (bicyclic) bond motifs is 1. The van der Waals surface area contributed by atoms with Gasteiger partial charge in [-0.25, -0.2) is 4.98 Å². The van der Waals surface area contributed by atoms with Crippen molar-refractivity contribution in [2.45, 2.75) is 12.8 Å². The highest BCUT2D eigenvalue weighted by molar-refractivity contribution is 5.97. The summed E-state index contributed by atoms with van der Waals surface area (Å²) in [6, 6.07) is 16.3. The zero-order valence-corrected chi connectivity index (χ0v) is 16.4. The molecule has 8 heteroatoms. The van der Waals surface area contributed by atoms with Gasteiger partial charge in [-0.3, -0.25) is 19.7 Å². The van der Waals surface area contributed by atoms with Gasteiger partial charge in [0.2, 0.25) is 17.8 Å². The molecule has 154 valence electrons. The Morgan fingerprint density at radius 2 is 1.83 bits per heavy atom. The van der Waals surface area contributed by atoms with Gasteiger partial charge in [-0.15, -0.1) is 0 Å². The van der Waals surface area contributed by atoms with Gasteiger partial charge >= 0.3 is 0 Å². The molecule has 1 atom stereocenters. The first-order chi connectivity index (χ1) is 14.6. The molecule has 0 bridgehead atoms. The number of H-pyrrole nitrogens is 1. The maximum Gasteiger partial charge on any atom is 0.251 e. The van der Waals surface area contributed by atoms with E-state index < -0.39 is 0 Å². The largest absolute Gasteiger partial charge is 0.343 e. The van der Waals surface area contributed by atoms with E-state index in [-0.39, 0.29) is 30.2 Å². The molecular formula is C22H23N5O3. The van der Waals surface area contributed by atoms with Crippen molar-refractivity contribution >= 4 is 34.7 Å². The van der Waals surface area contributed by atoms with Gasteiger partial charge in [0.25, 0.3) is 5.91 Å². The van der Waals surface area contributed by atoms with E-state index in [4.69, 9.17) is 0 Å². The third kappa shape index (κ3) is 4.48. The SMILES string of the molecule is O=C(NCC(=O)N1CCC[C@H](C(=O)Nc2nc3ccccc3[nH]2)C1)c1ccccc1. The molecule has 1 aliphatic heterocycles. The van der Waals surface area contributed by atoms with Crippen molar-refractivity contribution in [1.29, 1.82) is 0 Å². The minimum Gasteiger partial charge on any atom is -0.343 e. The van der Waals surface area contributed by atoms with Crippen molar-refractivity contribution in [2.24, 2.45) is 5.92 Å². The molecule has 0 unspecified atom stereocenters. The molecule has 0 aliphatic carbocycles. The van der Waals surface area contributed by atoms with E-state index in [9.17, 15) is 14.4 Å². The monoisotopic (exact) mass is 405 g/mol. The van der Waals surface area contributed by atoms with Crippen LogP contribution in [0.3, 0.4) is 0 Å². The zero-order chi connectivity index (χ0) is 20.9. The summed E-state index contributed by atoms with van der Waals surface area (Å²) in [6.45, 7) is 0.812. The highest BCUT2D eigenvalue weighted by atomic mass is 16.2. The number of nitrogens with one attached hydrogen (secondary N) is 3. The lowest BCUT2D eigenvalue weighted by Crippen LogP contribution is -2.47. The molecule has 8 nitrogen and oxygen atoms in total. The lowest BCUT2D eigenvalue weighted by Gasteiger charge is -2.32. The van der Waals surface area contributed by atoms with Crippen LogP contribution in [0.1, 0.15) is 23.2 Å². The number of aromatic amines is 1. The number of nitrogens with zero attached hydrogens (tertiary/aromatic N) is 2. The molecule has 30 heavy (non-hydrogen) atoms. The number of carbonyl (C=O) groups is 3. The van der Waals surface area contributed by atoms with E-state index in [1.165, 1.54) is 0 Å². The van der Waals surface area contributed by atoms with Gasteiger partial charge in [0.1, 0.15) is 0 Å². The van der Waals surface area contributed by atoms with Crippen LogP contribution in [0.5, 0.6) is 0 Å². The second-order valence-corrected chi connectivity index (χ2v) is 7.32. The molecule has 3 amide bonds. The Labute approximate surface area is 173 Å². The number of para-hydroxylation sites is 2. The Morgan fingerprint density at radius 3 is 2.63 bits per heavy atom. The number of hydrogen-bond donors (Lipinski definition) is 3. The lowest BCUT2D eigenvalue weighted by atomic mass is 9.97. The van der Waals surface area contributed by atoms with E-state index in [1.54, 1.807) is 29.2 Å². The number of aromatic nitrogens is 2. The molecule has 4 rings (SSSR count). The first-order valence-electron chi connectivity index (χ1n) is 9.97. The van der Waals surface area contributed by atoms with Crippen molar-refractivity contribution in [2.75, 3.05) is 25.0 Å². The Kier molecular flexibility index (Phi) is 5.74. The number of imidazole rings is 1. The van der Waals surface area contributed by atoms with Crippen LogP contribution >= 0.6 is 0 Å². The summed E-state index contributed by atoms with van der Waals surface area (Å²) in [6.07, 6.45) is 1.43. The topological polar surface area (TPSA) is 107 Å². The van der Waals surface area contributed by atoms with Crippen LogP contribution in [0.2, 0.25) is 0 Å². The predicted octanol–water partition coefficient (Wildman–Crippen LogP) is 2.17. The molecule has 3 N–H and O–H groups in total. The van der Waals surface area contributed by atoms with Gasteiger partial charge in [0, 0.05) is 18.7 Å². The Morgan fingerprint density at radius 1 is 1.07 bits per heavy atom. The van der Waals surface area contributed by atoms with E-state index in [1.807, 2.05) is 30.3 Å². The van der Waals surface area contributed by atoms with Crippen LogP contribution in [-0.2, 0) is 9.59 Å². The number of anilines is 1. The minimum absolute atomic E-state index is 0.0916. The fourth-order valence-electron chi connectivity index (χ4n) is 3.61. The molecule has 3 aromatic rings. The van der Waals surface area contributed by atoms with Crippen molar-refractivity contribution in [3.63, 3.8) is 0 Å². The van der Waals surface area contributed by atoms with Gasteiger partial charge in [-0.2, -0.15) is 0 Å². The quantitative estimate of drug-likeness (QED) is 0.605. The first-order valence-corrected chi connectivity index (χ1v) is 9.97. The van der Waals surface area contributed by atoms with E-state index >= 15 is 0 Å². The van der Waals surface area contributed by atoms with Crippen LogP contribution in [0.15, 0.2) is 54.6 Å². The summed E-state index contributed by atoms with van der Waals surface area (Å²) < 4.78 is 0. The summed E-state index contributed by atoms with van der Waals surface area (Å²) in [5.41, 5.74) is 2.14. The Hall–Kier alpha value is -3.68. The maximum atomic E-state index is 12.7. The second kappa shape index (κ2) is 8.77. The number of likely N-dealkylation sites (tertiary alicyclic amines) is 1. The molecule has 0 radical (unpaired) electrons. The Balaban J connectivity index is 1.31. The molecule has 1 fully saturated rings. The number of piperidine rings is 1. The molecule has 2 heterocycles. The summed E-state index contributed by atoms with van der Waals surface area (Å²) in [5, 5.41) is 5.47. The average molecular weight is 405 g/mol. The third-order valence-corrected chi connectivity index (χ3v) is 5.21. The fourth-order valence-corrected chi connectivity index (χ4v) is 3.61.